The highest BCUT2D eigenvalue weighted by Gasteiger charge is 2.22. The van der Waals surface area contributed by atoms with Crippen LogP contribution < -0.4 is 0 Å². The summed E-state index contributed by atoms with van der Waals surface area (Å²) in [7, 11) is 0. The van der Waals surface area contributed by atoms with Crippen LogP contribution in [0.2, 0.25) is 0 Å². The van der Waals surface area contributed by atoms with Crippen LogP contribution in [0.15, 0.2) is 33.2 Å². The van der Waals surface area contributed by atoms with E-state index in [9.17, 15) is 0 Å². The average molecular weight is 294 g/mol. The fraction of sp³-hybridized carbons (Fsp3) is 0.357. The van der Waals surface area contributed by atoms with Crippen LogP contribution in [0.3, 0.4) is 0 Å². The summed E-state index contributed by atoms with van der Waals surface area (Å²) in [5.41, 5.74) is 1.96. The number of benzene rings is 1. The Morgan fingerprint density at radius 1 is 1.12 bits per heavy atom. The predicted octanol–water partition coefficient (Wildman–Crippen LogP) is 4.71. The molecule has 90 valence electrons. The maximum absolute atomic E-state index is 5.74. The topological polar surface area (TPSA) is 26.0 Å². The molecule has 0 unspecified atom stereocenters. The predicted molar refractivity (Wildman–Crippen MR) is 73.1 cm³/mol. The lowest BCUT2D eigenvalue weighted by molar-refractivity contribution is 0.380. The number of rotatable bonds is 1. The summed E-state index contributed by atoms with van der Waals surface area (Å²) in [6.45, 7) is 8.26. The van der Waals surface area contributed by atoms with E-state index in [1.807, 2.05) is 31.2 Å². The van der Waals surface area contributed by atoms with E-state index < -0.39 is 0 Å². The van der Waals surface area contributed by atoms with Crippen molar-refractivity contribution in [3.05, 3.63) is 40.4 Å². The van der Waals surface area contributed by atoms with Gasteiger partial charge in [-0.05, 0) is 19.1 Å². The van der Waals surface area contributed by atoms with Gasteiger partial charge in [-0.25, -0.2) is 4.98 Å². The van der Waals surface area contributed by atoms with E-state index in [1.54, 1.807) is 0 Å². The molecule has 0 N–H and O–H groups in total. The van der Waals surface area contributed by atoms with Crippen LogP contribution in [-0.4, -0.2) is 4.98 Å². The summed E-state index contributed by atoms with van der Waals surface area (Å²) in [4.78, 5) is 4.60. The highest BCUT2D eigenvalue weighted by Crippen LogP contribution is 2.29. The van der Waals surface area contributed by atoms with E-state index >= 15 is 0 Å². The van der Waals surface area contributed by atoms with Crippen LogP contribution in [0.1, 0.15) is 32.4 Å². The first-order valence-electron chi connectivity index (χ1n) is 5.62. The van der Waals surface area contributed by atoms with Gasteiger partial charge in [-0.3, -0.25) is 0 Å². The van der Waals surface area contributed by atoms with Crippen molar-refractivity contribution in [2.24, 2.45) is 0 Å². The highest BCUT2D eigenvalue weighted by molar-refractivity contribution is 9.10. The Bertz CT molecular complexity index is 520. The molecule has 1 aromatic carbocycles. The van der Waals surface area contributed by atoms with Gasteiger partial charge in [-0.15, -0.1) is 0 Å². The smallest absolute Gasteiger partial charge is 0.200 e. The van der Waals surface area contributed by atoms with E-state index in [0.29, 0.717) is 0 Å². The molecule has 1 heterocycles. The van der Waals surface area contributed by atoms with Crippen molar-refractivity contribution >= 4 is 15.9 Å². The molecule has 2 rings (SSSR count). The summed E-state index contributed by atoms with van der Waals surface area (Å²) in [6, 6.07) is 8.11. The van der Waals surface area contributed by atoms with Crippen LogP contribution in [-0.2, 0) is 5.41 Å². The third-order valence-electron chi connectivity index (χ3n) is 2.56. The Kier molecular flexibility index (Phi) is 3.13. The largest absolute Gasteiger partial charge is 0.445 e. The first-order chi connectivity index (χ1) is 7.88. The Hall–Kier alpha value is -1.09. The maximum atomic E-state index is 5.74. The maximum Gasteiger partial charge on any atom is 0.200 e. The minimum Gasteiger partial charge on any atom is -0.445 e. The minimum absolute atomic E-state index is 0.0572. The number of nitrogens with zero attached hydrogens (tertiary/aromatic N) is 1. The van der Waals surface area contributed by atoms with Crippen LogP contribution in [0.4, 0.5) is 0 Å². The molecule has 0 saturated carbocycles. The van der Waals surface area contributed by atoms with Crippen molar-refractivity contribution in [1.82, 2.24) is 4.98 Å². The first-order valence-corrected chi connectivity index (χ1v) is 6.41. The van der Waals surface area contributed by atoms with Crippen LogP contribution in [0, 0.1) is 6.92 Å². The van der Waals surface area contributed by atoms with Gasteiger partial charge in [0.05, 0.1) is 0 Å². The quantitative estimate of drug-likeness (QED) is 0.761. The minimum atomic E-state index is -0.0572. The van der Waals surface area contributed by atoms with E-state index in [1.165, 1.54) is 0 Å². The lowest BCUT2D eigenvalue weighted by atomic mass is 9.97. The van der Waals surface area contributed by atoms with Crippen LogP contribution >= 0.6 is 15.9 Å². The molecule has 0 saturated heterocycles. The third kappa shape index (κ3) is 2.60. The second-order valence-electron chi connectivity index (χ2n) is 5.18. The van der Waals surface area contributed by atoms with Gasteiger partial charge < -0.3 is 4.42 Å². The number of oxazole rings is 1. The van der Waals surface area contributed by atoms with Crippen LogP contribution in [0.5, 0.6) is 0 Å². The summed E-state index contributed by atoms with van der Waals surface area (Å²) < 4.78 is 6.81. The van der Waals surface area contributed by atoms with Crippen molar-refractivity contribution in [3.63, 3.8) is 0 Å². The van der Waals surface area contributed by atoms with Gasteiger partial charge in [0, 0.05) is 15.5 Å². The average Bonchev–Trinajstić information content (AvgIpc) is 2.61. The Balaban J connectivity index is 2.46. The zero-order valence-electron chi connectivity index (χ0n) is 10.5. The SMILES string of the molecule is Cc1oc(C(C)(C)C)nc1-c1ccc(Br)cc1. The molecular weight excluding hydrogens is 278 g/mol. The fourth-order valence-electron chi connectivity index (χ4n) is 1.59. The van der Waals surface area contributed by atoms with E-state index in [-0.39, 0.29) is 5.41 Å². The van der Waals surface area contributed by atoms with Crippen molar-refractivity contribution in [2.75, 3.05) is 0 Å². The molecule has 0 aliphatic carbocycles. The van der Waals surface area contributed by atoms with Crippen molar-refractivity contribution in [2.45, 2.75) is 33.1 Å². The fourth-order valence-corrected chi connectivity index (χ4v) is 1.86. The van der Waals surface area contributed by atoms with E-state index in [0.717, 1.165) is 27.4 Å². The van der Waals surface area contributed by atoms with Gasteiger partial charge in [-0.1, -0.05) is 48.8 Å². The van der Waals surface area contributed by atoms with Gasteiger partial charge in [0.2, 0.25) is 0 Å². The molecule has 0 atom stereocenters. The zero-order chi connectivity index (χ0) is 12.6. The number of aromatic nitrogens is 1. The van der Waals surface area contributed by atoms with Gasteiger partial charge >= 0.3 is 0 Å². The lowest BCUT2D eigenvalue weighted by Crippen LogP contribution is -2.11. The molecule has 2 nitrogen and oxygen atoms in total. The molecule has 17 heavy (non-hydrogen) atoms. The number of aryl methyl sites for hydroxylation is 1. The van der Waals surface area contributed by atoms with Gasteiger partial charge in [0.1, 0.15) is 11.5 Å². The lowest BCUT2D eigenvalue weighted by Gasteiger charge is -2.11. The van der Waals surface area contributed by atoms with E-state index in [2.05, 4.69) is 41.7 Å². The molecule has 3 heteroatoms. The second kappa shape index (κ2) is 4.30. The summed E-state index contributed by atoms with van der Waals surface area (Å²) in [5, 5.41) is 0. The number of hydrogen-bond acceptors (Lipinski definition) is 2. The Morgan fingerprint density at radius 2 is 1.71 bits per heavy atom. The zero-order valence-corrected chi connectivity index (χ0v) is 12.1. The van der Waals surface area contributed by atoms with Crippen molar-refractivity contribution < 1.29 is 4.42 Å². The molecule has 0 aliphatic heterocycles. The molecule has 0 fully saturated rings. The summed E-state index contributed by atoms with van der Waals surface area (Å²) in [6.07, 6.45) is 0. The molecular formula is C14H16BrNO. The van der Waals surface area contributed by atoms with Gasteiger partial charge in [0.15, 0.2) is 5.89 Å². The van der Waals surface area contributed by atoms with Crippen molar-refractivity contribution in [1.29, 1.82) is 0 Å². The molecule has 2 aromatic rings. The molecule has 0 bridgehead atoms. The monoisotopic (exact) mass is 293 g/mol. The van der Waals surface area contributed by atoms with Crippen LogP contribution in [0.25, 0.3) is 11.3 Å². The molecule has 0 spiro atoms. The Labute approximate surface area is 110 Å². The summed E-state index contributed by atoms with van der Waals surface area (Å²) in [5.74, 6) is 1.66. The van der Waals surface area contributed by atoms with Gasteiger partial charge in [0.25, 0.3) is 0 Å². The number of halogens is 1. The second-order valence-corrected chi connectivity index (χ2v) is 6.10. The van der Waals surface area contributed by atoms with Crippen molar-refractivity contribution in [3.8, 4) is 11.3 Å². The standard InChI is InChI=1S/C14H16BrNO/c1-9-12(10-5-7-11(15)8-6-10)16-13(17-9)14(2,3)4/h5-8H,1-4H3. The Morgan fingerprint density at radius 3 is 2.18 bits per heavy atom. The first kappa shape index (κ1) is 12.4. The molecule has 0 aliphatic rings. The highest BCUT2D eigenvalue weighted by atomic mass is 79.9. The molecule has 1 aromatic heterocycles. The van der Waals surface area contributed by atoms with E-state index in [4.69, 9.17) is 4.42 Å². The third-order valence-corrected chi connectivity index (χ3v) is 3.08. The van der Waals surface area contributed by atoms with Gasteiger partial charge in [-0.2, -0.15) is 0 Å². The normalized spacial score (nSPS) is 11.8. The molecule has 0 amide bonds. The summed E-state index contributed by atoms with van der Waals surface area (Å²) >= 11 is 3.43. The molecule has 0 radical (unpaired) electrons. The number of hydrogen-bond donors (Lipinski definition) is 0.